The monoisotopic (exact) mass is 335 g/mol. The van der Waals surface area contributed by atoms with Gasteiger partial charge in [0.25, 0.3) is 5.91 Å². The summed E-state index contributed by atoms with van der Waals surface area (Å²) in [6, 6.07) is 11.3. The molecule has 0 atom stereocenters. The minimum absolute atomic E-state index is 0.0132. The fraction of sp³-hybridized carbons (Fsp3) is 0.353. The van der Waals surface area contributed by atoms with E-state index < -0.39 is 0 Å². The summed E-state index contributed by atoms with van der Waals surface area (Å²) in [4.78, 5) is 13.7. The molecule has 1 aromatic carbocycles. The summed E-state index contributed by atoms with van der Waals surface area (Å²) in [5, 5.41) is 5.74. The zero-order valence-corrected chi connectivity index (χ0v) is 13.8. The molecule has 3 nitrogen and oxygen atoms in total. The molecule has 0 bridgehead atoms. The Kier molecular flexibility index (Phi) is 4.81. The van der Waals surface area contributed by atoms with Crippen molar-refractivity contribution >= 4 is 28.8 Å². The lowest BCUT2D eigenvalue weighted by molar-refractivity contribution is 0.0499. The summed E-state index contributed by atoms with van der Waals surface area (Å²) in [6.45, 7) is 2.11. The Labute approximate surface area is 139 Å². The van der Waals surface area contributed by atoms with Gasteiger partial charge in [0.15, 0.2) is 0 Å². The number of rotatable bonds is 4. The van der Waals surface area contributed by atoms with Gasteiger partial charge in [-0.2, -0.15) is 0 Å². The molecule has 1 saturated heterocycles. The third-order valence-electron chi connectivity index (χ3n) is 4.17. The van der Waals surface area contributed by atoms with Crippen molar-refractivity contribution in [2.24, 2.45) is 0 Å². The molecule has 1 aliphatic rings. The van der Waals surface area contributed by atoms with Crippen LogP contribution in [-0.2, 0) is 10.2 Å². The van der Waals surface area contributed by atoms with Crippen molar-refractivity contribution in [3.8, 4) is 0 Å². The number of hydrogen-bond donors (Lipinski definition) is 1. The number of hydrogen-bond acceptors (Lipinski definition) is 3. The van der Waals surface area contributed by atoms with E-state index in [-0.39, 0.29) is 11.3 Å². The van der Waals surface area contributed by atoms with Crippen LogP contribution in [0.4, 0.5) is 0 Å². The van der Waals surface area contributed by atoms with Gasteiger partial charge in [0.2, 0.25) is 0 Å². The fourth-order valence-electron chi connectivity index (χ4n) is 2.83. The summed E-state index contributed by atoms with van der Waals surface area (Å²) in [6.07, 6.45) is 1.87. The van der Waals surface area contributed by atoms with Crippen LogP contribution in [0.1, 0.15) is 28.1 Å². The second-order valence-electron chi connectivity index (χ2n) is 5.56. The number of halogens is 1. The predicted molar refractivity (Wildman–Crippen MR) is 89.8 cm³/mol. The quantitative estimate of drug-likeness (QED) is 0.920. The van der Waals surface area contributed by atoms with Crippen LogP contribution in [0.25, 0.3) is 0 Å². The summed E-state index contributed by atoms with van der Waals surface area (Å²) < 4.78 is 5.50. The van der Waals surface area contributed by atoms with E-state index in [1.54, 1.807) is 35.6 Å². The summed E-state index contributed by atoms with van der Waals surface area (Å²) >= 11 is 7.70. The third-order valence-corrected chi connectivity index (χ3v) is 5.52. The van der Waals surface area contributed by atoms with Crippen molar-refractivity contribution in [2.75, 3.05) is 19.8 Å². The summed E-state index contributed by atoms with van der Waals surface area (Å²) in [5.41, 5.74) is 0.585. The van der Waals surface area contributed by atoms with E-state index in [2.05, 4.69) is 22.8 Å². The lowest BCUT2D eigenvalue weighted by atomic mass is 9.78. The van der Waals surface area contributed by atoms with Crippen LogP contribution >= 0.6 is 22.9 Å². The van der Waals surface area contributed by atoms with Gasteiger partial charge in [-0.25, -0.2) is 0 Å². The van der Waals surface area contributed by atoms with E-state index in [0.29, 0.717) is 17.1 Å². The van der Waals surface area contributed by atoms with Crippen LogP contribution in [0, 0.1) is 0 Å². The van der Waals surface area contributed by atoms with E-state index in [1.165, 1.54) is 4.88 Å². The smallest absolute Gasteiger partial charge is 0.251 e. The molecule has 0 spiro atoms. The molecule has 1 N–H and O–H groups in total. The highest BCUT2D eigenvalue weighted by molar-refractivity contribution is 7.10. The number of nitrogens with one attached hydrogen (secondary N) is 1. The van der Waals surface area contributed by atoms with Gasteiger partial charge in [0, 0.05) is 40.6 Å². The van der Waals surface area contributed by atoms with Crippen molar-refractivity contribution in [1.82, 2.24) is 5.32 Å². The Morgan fingerprint density at radius 3 is 2.77 bits per heavy atom. The highest BCUT2D eigenvalue weighted by Crippen LogP contribution is 2.37. The van der Waals surface area contributed by atoms with Gasteiger partial charge in [0.1, 0.15) is 0 Å². The number of benzene rings is 1. The first-order valence-corrected chi connectivity index (χ1v) is 8.61. The molecule has 0 aliphatic carbocycles. The Hall–Kier alpha value is -1.36. The SMILES string of the molecule is O=C(NCC1(c2cccs2)CCOCC1)c1cccc(Cl)c1. The van der Waals surface area contributed by atoms with Gasteiger partial charge in [0.05, 0.1) is 0 Å². The molecule has 0 radical (unpaired) electrons. The second kappa shape index (κ2) is 6.82. The van der Waals surface area contributed by atoms with E-state index in [4.69, 9.17) is 16.3 Å². The van der Waals surface area contributed by atoms with Gasteiger partial charge >= 0.3 is 0 Å². The first kappa shape index (κ1) is 15.5. The largest absolute Gasteiger partial charge is 0.381 e. The molecular formula is C17H18ClNO2S. The summed E-state index contributed by atoms with van der Waals surface area (Å²) in [5.74, 6) is -0.0788. The minimum atomic E-state index is -0.0788. The van der Waals surface area contributed by atoms with Gasteiger partial charge in [-0.15, -0.1) is 11.3 Å². The Morgan fingerprint density at radius 1 is 1.27 bits per heavy atom. The maximum absolute atomic E-state index is 12.4. The number of thiophene rings is 1. The lowest BCUT2D eigenvalue weighted by Gasteiger charge is -2.36. The van der Waals surface area contributed by atoms with Gasteiger partial charge in [-0.1, -0.05) is 23.7 Å². The van der Waals surface area contributed by atoms with E-state index in [1.807, 2.05) is 0 Å². The maximum atomic E-state index is 12.4. The van der Waals surface area contributed by atoms with Crippen LogP contribution < -0.4 is 5.32 Å². The summed E-state index contributed by atoms with van der Waals surface area (Å²) in [7, 11) is 0. The first-order valence-electron chi connectivity index (χ1n) is 7.35. The van der Waals surface area contributed by atoms with Crippen molar-refractivity contribution in [3.05, 3.63) is 57.2 Å². The van der Waals surface area contributed by atoms with Crippen molar-refractivity contribution < 1.29 is 9.53 Å². The van der Waals surface area contributed by atoms with Crippen molar-refractivity contribution in [2.45, 2.75) is 18.3 Å². The van der Waals surface area contributed by atoms with Gasteiger partial charge in [-0.3, -0.25) is 4.79 Å². The van der Waals surface area contributed by atoms with Crippen LogP contribution in [0.5, 0.6) is 0 Å². The molecule has 5 heteroatoms. The molecule has 22 heavy (non-hydrogen) atoms. The van der Waals surface area contributed by atoms with Crippen LogP contribution in [0.15, 0.2) is 41.8 Å². The average molecular weight is 336 g/mol. The molecule has 0 saturated carbocycles. The van der Waals surface area contributed by atoms with E-state index in [9.17, 15) is 4.79 Å². The van der Waals surface area contributed by atoms with Crippen molar-refractivity contribution in [1.29, 1.82) is 0 Å². The Morgan fingerprint density at radius 2 is 2.09 bits per heavy atom. The van der Waals surface area contributed by atoms with E-state index >= 15 is 0 Å². The topological polar surface area (TPSA) is 38.3 Å². The standard InChI is InChI=1S/C17H18ClNO2S/c18-14-4-1-3-13(11-14)16(20)19-12-17(6-8-21-9-7-17)15-5-2-10-22-15/h1-5,10-11H,6-9,12H2,(H,19,20). The molecular weight excluding hydrogens is 318 g/mol. The zero-order valence-electron chi connectivity index (χ0n) is 12.2. The van der Waals surface area contributed by atoms with Gasteiger partial charge < -0.3 is 10.1 Å². The highest BCUT2D eigenvalue weighted by Gasteiger charge is 2.35. The predicted octanol–water partition coefficient (Wildman–Crippen LogP) is 3.88. The maximum Gasteiger partial charge on any atom is 0.251 e. The van der Waals surface area contributed by atoms with E-state index in [0.717, 1.165) is 26.1 Å². The molecule has 1 aliphatic heterocycles. The molecule has 116 valence electrons. The number of amides is 1. The fourth-order valence-corrected chi connectivity index (χ4v) is 4.01. The number of ether oxygens (including phenoxy) is 1. The zero-order chi connectivity index (χ0) is 15.4. The average Bonchev–Trinajstić information content (AvgIpc) is 3.09. The minimum Gasteiger partial charge on any atom is -0.381 e. The van der Waals surface area contributed by atoms with Crippen LogP contribution in [0.3, 0.4) is 0 Å². The first-order chi connectivity index (χ1) is 10.7. The van der Waals surface area contributed by atoms with Crippen molar-refractivity contribution in [3.63, 3.8) is 0 Å². The molecule has 2 aromatic rings. The molecule has 2 heterocycles. The molecule has 0 unspecified atom stereocenters. The van der Waals surface area contributed by atoms with Gasteiger partial charge in [-0.05, 0) is 42.5 Å². The number of carbonyl (C=O) groups is 1. The molecule has 1 amide bonds. The molecule has 3 rings (SSSR count). The second-order valence-corrected chi connectivity index (χ2v) is 6.95. The lowest BCUT2D eigenvalue weighted by Crippen LogP contribution is -2.44. The molecule has 1 fully saturated rings. The van der Waals surface area contributed by atoms with Crippen LogP contribution in [-0.4, -0.2) is 25.7 Å². The molecule has 1 aromatic heterocycles. The Bertz CT molecular complexity index is 636. The highest BCUT2D eigenvalue weighted by atomic mass is 35.5. The van der Waals surface area contributed by atoms with Crippen LogP contribution in [0.2, 0.25) is 5.02 Å². The number of carbonyl (C=O) groups excluding carboxylic acids is 1. The normalized spacial score (nSPS) is 17.1. The Balaban J connectivity index is 1.73. The third kappa shape index (κ3) is 3.35.